The Morgan fingerprint density at radius 2 is 1.79 bits per heavy atom. The molecule has 3 nitrogen and oxygen atoms in total. The Labute approximate surface area is 88.0 Å². The van der Waals surface area contributed by atoms with Crippen molar-refractivity contribution in [2.45, 2.75) is 39.3 Å². The minimum absolute atomic E-state index is 0.347. The first-order valence-corrected chi connectivity index (χ1v) is 5.81. The van der Waals surface area contributed by atoms with Crippen LogP contribution in [-0.2, 0) is 0 Å². The van der Waals surface area contributed by atoms with E-state index in [9.17, 15) is 0 Å². The highest BCUT2D eigenvalue weighted by atomic mass is 15.2. The van der Waals surface area contributed by atoms with E-state index >= 15 is 0 Å². The SMILES string of the molecule is CC(C)C(N)CC(C)N1CCNCC1. The van der Waals surface area contributed by atoms with Gasteiger partial charge in [-0.3, -0.25) is 4.90 Å². The number of hydrogen-bond donors (Lipinski definition) is 2. The summed E-state index contributed by atoms with van der Waals surface area (Å²) >= 11 is 0. The second kappa shape index (κ2) is 5.69. The summed E-state index contributed by atoms with van der Waals surface area (Å²) in [4.78, 5) is 2.54. The Morgan fingerprint density at radius 1 is 1.21 bits per heavy atom. The van der Waals surface area contributed by atoms with Gasteiger partial charge in [-0.25, -0.2) is 0 Å². The number of nitrogens with two attached hydrogens (primary N) is 1. The first-order chi connectivity index (χ1) is 6.61. The molecular weight excluding hydrogens is 174 g/mol. The van der Waals surface area contributed by atoms with Crippen LogP contribution in [0.5, 0.6) is 0 Å². The second-order valence-electron chi connectivity index (χ2n) is 4.78. The molecule has 14 heavy (non-hydrogen) atoms. The van der Waals surface area contributed by atoms with Gasteiger partial charge in [-0.15, -0.1) is 0 Å². The fourth-order valence-corrected chi connectivity index (χ4v) is 1.94. The summed E-state index contributed by atoms with van der Waals surface area (Å²) in [6.07, 6.45) is 1.12. The maximum atomic E-state index is 6.08. The number of rotatable bonds is 4. The van der Waals surface area contributed by atoms with E-state index in [4.69, 9.17) is 5.73 Å². The highest BCUT2D eigenvalue weighted by molar-refractivity contribution is 4.78. The van der Waals surface area contributed by atoms with Gasteiger partial charge >= 0.3 is 0 Å². The molecule has 84 valence electrons. The average Bonchev–Trinajstić information content (AvgIpc) is 2.19. The zero-order chi connectivity index (χ0) is 10.6. The lowest BCUT2D eigenvalue weighted by molar-refractivity contribution is 0.164. The summed E-state index contributed by atoms with van der Waals surface area (Å²) < 4.78 is 0. The monoisotopic (exact) mass is 199 g/mol. The van der Waals surface area contributed by atoms with Crippen LogP contribution in [0.2, 0.25) is 0 Å². The van der Waals surface area contributed by atoms with E-state index < -0.39 is 0 Å². The lowest BCUT2D eigenvalue weighted by Gasteiger charge is -2.34. The van der Waals surface area contributed by atoms with Crippen molar-refractivity contribution in [3.05, 3.63) is 0 Å². The lowest BCUT2D eigenvalue weighted by atomic mass is 9.97. The van der Waals surface area contributed by atoms with E-state index in [1.165, 1.54) is 13.1 Å². The van der Waals surface area contributed by atoms with Crippen molar-refractivity contribution in [1.82, 2.24) is 10.2 Å². The minimum Gasteiger partial charge on any atom is -0.327 e. The van der Waals surface area contributed by atoms with E-state index in [0.717, 1.165) is 19.5 Å². The molecule has 2 unspecified atom stereocenters. The molecule has 1 aliphatic heterocycles. The highest BCUT2D eigenvalue weighted by Gasteiger charge is 2.19. The third-order valence-corrected chi connectivity index (χ3v) is 3.24. The smallest absolute Gasteiger partial charge is 0.0110 e. The normalized spacial score (nSPS) is 23.8. The van der Waals surface area contributed by atoms with Crippen molar-refractivity contribution < 1.29 is 0 Å². The molecule has 1 heterocycles. The molecule has 0 radical (unpaired) electrons. The molecule has 0 bridgehead atoms. The summed E-state index contributed by atoms with van der Waals surface area (Å²) in [5.74, 6) is 0.598. The van der Waals surface area contributed by atoms with Crippen LogP contribution in [0.15, 0.2) is 0 Å². The third kappa shape index (κ3) is 3.56. The summed E-state index contributed by atoms with van der Waals surface area (Å²) in [5.41, 5.74) is 6.08. The second-order valence-corrected chi connectivity index (χ2v) is 4.78. The number of nitrogens with zero attached hydrogens (tertiary/aromatic N) is 1. The van der Waals surface area contributed by atoms with Crippen molar-refractivity contribution in [2.24, 2.45) is 11.7 Å². The van der Waals surface area contributed by atoms with Gasteiger partial charge < -0.3 is 11.1 Å². The third-order valence-electron chi connectivity index (χ3n) is 3.24. The predicted octanol–water partition coefficient (Wildman–Crippen LogP) is 0.654. The standard InChI is InChI=1S/C11H25N3/c1-9(2)11(12)8-10(3)14-6-4-13-5-7-14/h9-11,13H,4-8,12H2,1-3H3. The van der Waals surface area contributed by atoms with Gasteiger partial charge in [-0.05, 0) is 19.3 Å². The molecule has 0 amide bonds. The zero-order valence-electron chi connectivity index (χ0n) is 9.79. The van der Waals surface area contributed by atoms with E-state index in [-0.39, 0.29) is 0 Å². The minimum atomic E-state index is 0.347. The highest BCUT2D eigenvalue weighted by Crippen LogP contribution is 2.11. The molecule has 0 aromatic heterocycles. The Kier molecular flexibility index (Phi) is 4.85. The van der Waals surface area contributed by atoms with Crippen LogP contribution >= 0.6 is 0 Å². The van der Waals surface area contributed by atoms with Crippen LogP contribution in [0.4, 0.5) is 0 Å². The average molecular weight is 199 g/mol. The van der Waals surface area contributed by atoms with Crippen LogP contribution in [0, 0.1) is 5.92 Å². The first kappa shape index (κ1) is 12.0. The van der Waals surface area contributed by atoms with E-state index in [2.05, 4.69) is 31.0 Å². The quantitative estimate of drug-likeness (QED) is 0.698. The van der Waals surface area contributed by atoms with Gasteiger partial charge in [-0.2, -0.15) is 0 Å². The fourth-order valence-electron chi connectivity index (χ4n) is 1.94. The molecule has 1 aliphatic rings. The molecule has 0 aliphatic carbocycles. The van der Waals surface area contributed by atoms with Crippen molar-refractivity contribution in [3.63, 3.8) is 0 Å². The molecule has 3 N–H and O–H groups in total. The van der Waals surface area contributed by atoms with Gasteiger partial charge in [0.25, 0.3) is 0 Å². The van der Waals surface area contributed by atoms with Crippen LogP contribution in [0.3, 0.4) is 0 Å². The van der Waals surface area contributed by atoms with Gasteiger partial charge in [0.2, 0.25) is 0 Å². The van der Waals surface area contributed by atoms with Crippen molar-refractivity contribution in [2.75, 3.05) is 26.2 Å². The molecule has 0 aromatic rings. The van der Waals surface area contributed by atoms with Gasteiger partial charge in [0.15, 0.2) is 0 Å². The summed E-state index contributed by atoms with van der Waals surface area (Å²) in [6.45, 7) is 11.3. The van der Waals surface area contributed by atoms with Crippen LogP contribution in [0.25, 0.3) is 0 Å². The van der Waals surface area contributed by atoms with Crippen molar-refractivity contribution in [1.29, 1.82) is 0 Å². The van der Waals surface area contributed by atoms with Crippen LogP contribution in [0.1, 0.15) is 27.2 Å². The summed E-state index contributed by atoms with van der Waals surface area (Å²) in [6, 6.07) is 0.981. The lowest BCUT2D eigenvalue weighted by Crippen LogP contribution is -2.49. The van der Waals surface area contributed by atoms with Crippen LogP contribution in [-0.4, -0.2) is 43.2 Å². The van der Waals surface area contributed by atoms with Crippen molar-refractivity contribution >= 4 is 0 Å². The molecule has 1 fully saturated rings. The number of hydrogen-bond acceptors (Lipinski definition) is 3. The molecule has 1 saturated heterocycles. The van der Waals surface area contributed by atoms with E-state index in [1.807, 2.05) is 0 Å². The Balaban J connectivity index is 2.28. The maximum absolute atomic E-state index is 6.08. The molecule has 0 saturated carbocycles. The van der Waals surface area contributed by atoms with E-state index in [0.29, 0.717) is 18.0 Å². The first-order valence-electron chi connectivity index (χ1n) is 5.81. The van der Waals surface area contributed by atoms with Gasteiger partial charge in [-0.1, -0.05) is 13.8 Å². The van der Waals surface area contributed by atoms with Gasteiger partial charge in [0.1, 0.15) is 0 Å². The number of piperazine rings is 1. The molecule has 0 aromatic carbocycles. The van der Waals surface area contributed by atoms with Gasteiger partial charge in [0.05, 0.1) is 0 Å². The molecule has 3 heteroatoms. The Bertz CT molecular complexity index is 153. The van der Waals surface area contributed by atoms with Crippen molar-refractivity contribution in [3.8, 4) is 0 Å². The number of nitrogens with one attached hydrogen (secondary N) is 1. The Morgan fingerprint density at radius 3 is 2.29 bits per heavy atom. The predicted molar refractivity (Wildman–Crippen MR) is 61.3 cm³/mol. The molecule has 0 spiro atoms. The topological polar surface area (TPSA) is 41.3 Å². The summed E-state index contributed by atoms with van der Waals surface area (Å²) in [5, 5.41) is 3.37. The fraction of sp³-hybridized carbons (Fsp3) is 1.00. The Hall–Kier alpha value is -0.120. The van der Waals surface area contributed by atoms with E-state index in [1.54, 1.807) is 0 Å². The largest absolute Gasteiger partial charge is 0.327 e. The molecule has 2 atom stereocenters. The molecular formula is C11H25N3. The summed E-state index contributed by atoms with van der Waals surface area (Å²) in [7, 11) is 0. The molecule has 1 rings (SSSR count). The van der Waals surface area contributed by atoms with Gasteiger partial charge in [0, 0.05) is 38.3 Å². The zero-order valence-corrected chi connectivity index (χ0v) is 9.79. The maximum Gasteiger partial charge on any atom is 0.0110 e. The van der Waals surface area contributed by atoms with Crippen LogP contribution < -0.4 is 11.1 Å².